The van der Waals surface area contributed by atoms with Crippen molar-refractivity contribution in [3.63, 3.8) is 0 Å². The third-order valence-corrected chi connectivity index (χ3v) is 3.93. The van der Waals surface area contributed by atoms with Gasteiger partial charge >= 0.3 is 0 Å². The molecule has 2 heterocycles. The van der Waals surface area contributed by atoms with Gasteiger partial charge in [0.25, 0.3) is 0 Å². The van der Waals surface area contributed by atoms with Gasteiger partial charge in [0, 0.05) is 24.7 Å². The summed E-state index contributed by atoms with van der Waals surface area (Å²) in [4.78, 5) is 6.79. The molecule has 5 heteroatoms. The van der Waals surface area contributed by atoms with E-state index in [1.807, 2.05) is 11.6 Å². The highest BCUT2D eigenvalue weighted by molar-refractivity contribution is 7.09. The molecule has 0 saturated carbocycles. The van der Waals surface area contributed by atoms with Crippen LogP contribution in [0.15, 0.2) is 11.6 Å². The SMILES string of the molecule is CCCNCC1OCCN(C)C1c1nccs1. The second-order valence-electron chi connectivity index (χ2n) is 4.41. The zero-order chi connectivity index (χ0) is 12.1. The largest absolute Gasteiger partial charge is 0.373 e. The number of thiazole rings is 1. The van der Waals surface area contributed by atoms with Crippen molar-refractivity contribution in [1.29, 1.82) is 0 Å². The summed E-state index contributed by atoms with van der Waals surface area (Å²) in [5.74, 6) is 0. The lowest BCUT2D eigenvalue weighted by Gasteiger charge is -2.38. The smallest absolute Gasteiger partial charge is 0.112 e. The summed E-state index contributed by atoms with van der Waals surface area (Å²) in [7, 11) is 2.15. The van der Waals surface area contributed by atoms with Gasteiger partial charge in [-0.05, 0) is 20.0 Å². The first-order valence-electron chi connectivity index (χ1n) is 6.25. The molecule has 1 fully saturated rings. The normalized spacial score (nSPS) is 26.2. The molecule has 1 aliphatic rings. The van der Waals surface area contributed by atoms with Crippen LogP contribution in [-0.4, -0.2) is 49.3 Å². The minimum Gasteiger partial charge on any atom is -0.373 e. The molecule has 2 unspecified atom stereocenters. The van der Waals surface area contributed by atoms with Crippen molar-refractivity contribution >= 4 is 11.3 Å². The third kappa shape index (κ3) is 3.25. The van der Waals surface area contributed by atoms with E-state index in [4.69, 9.17) is 4.74 Å². The Morgan fingerprint density at radius 2 is 2.53 bits per heavy atom. The van der Waals surface area contributed by atoms with Crippen LogP contribution in [0.2, 0.25) is 0 Å². The van der Waals surface area contributed by atoms with Gasteiger partial charge in [-0.15, -0.1) is 11.3 Å². The molecule has 1 saturated heterocycles. The molecule has 0 amide bonds. The fourth-order valence-electron chi connectivity index (χ4n) is 2.18. The van der Waals surface area contributed by atoms with Crippen LogP contribution in [0.25, 0.3) is 0 Å². The molecule has 0 bridgehead atoms. The maximum absolute atomic E-state index is 5.89. The second kappa shape index (κ2) is 6.44. The van der Waals surface area contributed by atoms with Gasteiger partial charge in [0.15, 0.2) is 0 Å². The van der Waals surface area contributed by atoms with E-state index in [1.54, 1.807) is 11.3 Å². The van der Waals surface area contributed by atoms with Gasteiger partial charge in [-0.2, -0.15) is 0 Å². The summed E-state index contributed by atoms with van der Waals surface area (Å²) < 4.78 is 5.89. The van der Waals surface area contributed by atoms with Crippen molar-refractivity contribution in [2.75, 3.05) is 33.3 Å². The van der Waals surface area contributed by atoms with Crippen LogP contribution in [0.3, 0.4) is 0 Å². The van der Waals surface area contributed by atoms with Crippen LogP contribution in [0.5, 0.6) is 0 Å². The minimum absolute atomic E-state index is 0.214. The van der Waals surface area contributed by atoms with Crippen LogP contribution in [-0.2, 0) is 4.74 Å². The molecule has 2 atom stereocenters. The predicted octanol–water partition coefficient (Wildman–Crippen LogP) is 1.51. The molecule has 4 nitrogen and oxygen atoms in total. The van der Waals surface area contributed by atoms with E-state index in [1.165, 1.54) is 0 Å². The first-order valence-corrected chi connectivity index (χ1v) is 7.13. The van der Waals surface area contributed by atoms with Gasteiger partial charge in [0.2, 0.25) is 0 Å². The van der Waals surface area contributed by atoms with E-state index in [0.29, 0.717) is 6.04 Å². The average molecular weight is 255 g/mol. The molecule has 1 aliphatic heterocycles. The Bertz CT molecular complexity index is 318. The number of nitrogens with zero attached hydrogens (tertiary/aromatic N) is 2. The van der Waals surface area contributed by atoms with Gasteiger partial charge in [-0.3, -0.25) is 4.90 Å². The molecule has 96 valence electrons. The highest BCUT2D eigenvalue weighted by Crippen LogP contribution is 2.29. The highest BCUT2D eigenvalue weighted by atomic mass is 32.1. The molecule has 0 aromatic carbocycles. The molecule has 0 aliphatic carbocycles. The molecule has 1 aromatic rings. The zero-order valence-corrected chi connectivity index (χ0v) is 11.4. The number of ether oxygens (including phenoxy) is 1. The molecule has 1 N–H and O–H groups in total. The molecular weight excluding hydrogens is 234 g/mol. The molecule has 0 spiro atoms. The Kier molecular flexibility index (Phi) is 4.91. The van der Waals surface area contributed by atoms with Crippen molar-refractivity contribution in [1.82, 2.24) is 15.2 Å². The van der Waals surface area contributed by atoms with E-state index >= 15 is 0 Å². The monoisotopic (exact) mass is 255 g/mol. The molecule has 0 radical (unpaired) electrons. The number of morpholine rings is 1. The van der Waals surface area contributed by atoms with Crippen LogP contribution in [0.4, 0.5) is 0 Å². The van der Waals surface area contributed by atoms with Crippen molar-refractivity contribution in [2.45, 2.75) is 25.5 Å². The predicted molar refractivity (Wildman–Crippen MR) is 70.4 cm³/mol. The number of aromatic nitrogens is 1. The summed E-state index contributed by atoms with van der Waals surface area (Å²) in [6.45, 7) is 5.93. The van der Waals surface area contributed by atoms with E-state index in [9.17, 15) is 0 Å². The van der Waals surface area contributed by atoms with E-state index in [2.05, 4.69) is 29.2 Å². The maximum Gasteiger partial charge on any atom is 0.112 e. The summed E-state index contributed by atoms with van der Waals surface area (Å²) >= 11 is 1.72. The van der Waals surface area contributed by atoms with Crippen LogP contribution in [0, 0.1) is 0 Å². The quantitative estimate of drug-likeness (QED) is 0.809. The Balaban J connectivity index is 2.01. The Hall–Kier alpha value is -0.490. The molecular formula is C12H21N3OS. The Morgan fingerprint density at radius 1 is 1.65 bits per heavy atom. The van der Waals surface area contributed by atoms with Gasteiger partial charge in [-0.1, -0.05) is 6.92 Å². The number of hydrogen-bond donors (Lipinski definition) is 1. The highest BCUT2D eigenvalue weighted by Gasteiger charge is 2.32. The number of likely N-dealkylation sites (N-methyl/N-ethyl adjacent to an activating group) is 1. The average Bonchev–Trinajstić information content (AvgIpc) is 2.83. The van der Waals surface area contributed by atoms with E-state index in [0.717, 1.165) is 37.7 Å². The Morgan fingerprint density at radius 3 is 3.24 bits per heavy atom. The minimum atomic E-state index is 0.214. The lowest BCUT2D eigenvalue weighted by Crippen LogP contribution is -2.47. The second-order valence-corrected chi connectivity index (χ2v) is 5.34. The molecule has 2 rings (SSSR count). The summed E-state index contributed by atoms with van der Waals surface area (Å²) in [5, 5.41) is 6.64. The summed E-state index contributed by atoms with van der Waals surface area (Å²) in [6, 6.07) is 0.299. The van der Waals surface area contributed by atoms with Gasteiger partial charge < -0.3 is 10.1 Å². The first-order chi connectivity index (χ1) is 8.33. The first kappa shape index (κ1) is 13.0. The summed E-state index contributed by atoms with van der Waals surface area (Å²) in [5.41, 5.74) is 0. The Labute approximate surface area is 107 Å². The lowest BCUT2D eigenvalue weighted by molar-refractivity contribution is -0.0613. The molecule has 17 heavy (non-hydrogen) atoms. The topological polar surface area (TPSA) is 37.4 Å². The number of hydrogen-bond acceptors (Lipinski definition) is 5. The van der Waals surface area contributed by atoms with E-state index < -0.39 is 0 Å². The van der Waals surface area contributed by atoms with Crippen molar-refractivity contribution in [3.05, 3.63) is 16.6 Å². The zero-order valence-electron chi connectivity index (χ0n) is 10.6. The number of nitrogens with one attached hydrogen (secondary N) is 1. The maximum atomic E-state index is 5.89. The van der Waals surface area contributed by atoms with Crippen LogP contribution in [0.1, 0.15) is 24.4 Å². The summed E-state index contributed by atoms with van der Waals surface area (Å²) in [6.07, 6.45) is 3.25. The van der Waals surface area contributed by atoms with Crippen LogP contribution >= 0.6 is 11.3 Å². The fourth-order valence-corrected chi connectivity index (χ4v) is 3.04. The standard InChI is InChI=1S/C12H21N3OS/c1-3-4-13-9-10-11(12-14-5-8-17-12)15(2)6-7-16-10/h5,8,10-11,13H,3-4,6-7,9H2,1-2H3. The van der Waals surface area contributed by atoms with E-state index in [-0.39, 0.29) is 6.10 Å². The molecule has 1 aromatic heterocycles. The van der Waals surface area contributed by atoms with Gasteiger partial charge in [-0.25, -0.2) is 4.98 Å². The van der Waals surface area contributed by atoms with Gasteiger partial charge in [0.05, 0.1) is 18.8 Å². The van der Waals surface area contributed by atoms with Crippen LogP contribution < -0.4 is 5.32 Å². The number of rotatable bonds is 5. The van der Waals surface area contributed by atoms with Crippen molar-refractivity contribution < 1.29 is 4.74 Å². The van der Waals surface area contributed by atoms with Crippen molar-refractivity contribution in [2.24, 2.45) is 0 Å². The third-order valence-electron chi connectivity index (χ3n) is 3.08. The van der Waals surface area contributed by atoms with Gasteiger partial charge in [0.1, 0.15) is 5.01 Å². The lowest BCUT2D eigenvalue weighted by atomic mass is 10.1. The fraction of sp³-hybridized carbons (Fsp3) is 0.750. The van der Waals surface area contributed by atoms with Crippen molar-refractivity contribution in [3.8, 4) is 0 Å².